The zero-order valence-electron chi connectivity index (χ0n) is 16.5. The lowest BCUT2D eigenvalue weighted by Gasteiger charge is -2.37. The summed E-state index contributed by atoms with van der Waals surface area (Å²) in [5.74, 6) is -2.86. The van der Waals surface area contributed by atoms with Gasteiger partial charge in [-0.15, -0.1) is 0 Å². The number of halogens is 3. The van der Waals surface area contributed by atoms with Gasteiger partial charge in [-0.05, 0) is 25.9 Å². The third-order valence-electron chi connectivity index (χ3n) is 5.78. The van der Waals surface area contributed by atoms with Crippen molar-refractivity contribution in [3.05, 3.63) is 47.9 Å². The summed E-state index contributed by atoms with van der Waals surface area (Å²) in [5.41, 5.74) is 0. The van der Waals surface area contributed by atoms with E-state index in [-0.39, 0.29) is 11.8 Å². The molecular formula is C21H24F3N3O3. The molecule has 9 heteroatoms. The Balaban J connectivity index is 1.24. The average molecular weight is 423 g/mol. The molecule has 2 saturated heterocycles. The van der Waals surface area contributed by atoms with Crippen LogP contribution in [-0.2, 0) is 11.3 Å². The van der Waals surface area contributed by atoms with Crippen molar-refractivity contribution in [1.82, 2.24) is 14.8 Å². The molecule has 2 aliphatic heterocycles. The molecule has 0 aliphatic carbocycles. The molecule has 0 saturated carbocycles. The van der Waals surface area contributed by atoms with Gasteiger partial charge in [0.1, 0.15) is 18.2 Å². The van der Waals surface area contributed by atoms with Crippen LogP contribution in [0.2, 0.25) is 0 Å². The van der Waals surface area contributed by atoms with E-state index in [1.54, 1.807) is 12.5 Å². The van der Waals surface area contributed by atoms with Gasteiger partial charge in [-0.3, -0.25) is 9.69 Å². The fourth-order valence-electron chi connectivity index (χ4n) is 4.12. The molecule has 1 aromatic heterocycles. The van der Waals surface area contributed by atoms with Crippen molar-refractivity contribution < 1.29 is 27.1 Å². The molecule has 2 aromatic rings. The van der Waals surface area contributed by atoms with Gasteiger partial charge in [0.15, 0.2) is 17.4 Å². The second kappa shape index (κ2) is 9.07. The van der Waals surface area contributed by atoms with E-state index in [2.05, 4.69) is 9.88 Å². The smallest absolute Gasteiger partial charge is 0.225 e. The minimum absolute atomic E-state index is 0.0183. The zero-order chi connectivity index (χ0) is 21.1. The molecule has 1 amide bonds. The lowest BCUT2D eigenvalue weighted by atomic mass is 9.94. The predicted octanol–water partition coefficient (Wildman–Crippen LogP) is 3.37. The molecule has 2 fully saturated rings. The van der Waals surface area contributed by atoms with Gasteiger partial charge in [0.25, 0.3) is 0 Å². The number of piperidine rings is 2. The summed E-state index contributed by atoms with van der Waals surface area (Å²) in [6.45, 7) is 3.21. The first-order valence-electron chi connectivity index (χ1n) is 10.2. The summed E-state index contributed by atoms with van der Waals surface area (Å²) in [6, 6.07) is 1.21. The Hall–Kier alpha value is -2.55. The summed E-state index contributed by atoms with van der Waals surface area (Å²) in [7, 11) is 0. The highest BCUT2D eigenvalue weighted by molar-refractivity contribution is 5.79. The van der Waals surface area contributed by atoms with E-state index in [1.807, 2.05) is 4.90 Å². The van der Waals surface area contributed by atoms with Crippen LogP contribution < -0.4 is 4.74 Å². The van der Waals surface area contributed by atoms with Crippen molar-refractivity contribution in [3.8, 4) is 5.75 Å². The number of carbonyl (C=O) groups is 1. The van der Waals surface area contributed by atoms with Crippen LogP contribution in [0.25, 0.3) is 0 Å². The van der Waals surface area contributed by atoms with Crippen LogP contribution in [0.3, 0.4) is 0 Å². The van der Waals surface area contributed by atoms with Crippen molar-refractivity contribution in [2.75, 3.05) is 26.2 Å². The van der Waals surface area contributed by atoms with Crippen LogP contribution in [0, 0.1) is 23.4 Å². The van der Waals surface area contributed by atoms with Gasteiger partial charge in [-0.1, -0.05) is 0 Å². The highest BCUT2D eigenvalue weighted by Crippen LogP contribution is 2.28. The van der Waals surface area contributed by atoms with E-state index < -0.39 is 29.3 Å². The normalized spacial score (nSPS) is 19.2. The monoisotopic (exact) mass is 423 g/mol. The number of nitrogens with zero attached hydrogens (tertiary/aromatic N) is 3. The second-order valence-electron chi connectivity index (χ2n) is 7.82. The fraction of sp³-hybridized carbons (Fsp3) is 0.524. The number of hydrogen-bond donors (Lipinski definition) is 0. The third kappa shape index (κ3) is 4.77. The molecule has 162 valence electrons. The first-order chi connectivity index (χ1) is 14.5. The van der Waals surface area contributed by atoms with E-state index in [1.165, 1.54) is 0 Å². The molecule has 2 aliphatic rings. The lowest BCUT2D eigenvalue weighted by Crippen LogP contribution is -2.47. The highest BCUT2D eigenvalue weighted by Gasteiger charge is 2.32. The average Bonchev–Trinajstić information content (AvgIpc) is 3.24. The van der Waals surface area contributed by atoms with Crippen LogP contribution in [0.5, 0.6) is 5.75 Å². The maximum atomic E-state index is 13.8. The maximum absolute atomic E-state index is 13.8. The summed E-state index contributed by atoms with van der Waals surface area (Å²) >= 11 is 0. The van der Waals surface area contributed by atoms with Crippen molar-refractivity contribution >= 4 is 5.91 Å². The maximum Gasteiger partial charge on any atom is 0.225 e. The number of rotatable bonds is 5. The number of amides is 1. The first-order valence-corrected chi connectivity index (χ1v) is 10.2. The molecule has 30 heavy (non-hydrogen) atoms. The molecule has 0 radical (unpaired) electrons. The van der Waals surface area contributed by atoms with Crippen LogP contribution in [0.4, 0.5) is 13.2 Å². The third-order valence-corrected chi connectivity index (χ3v) is 5.78. The molecule has 0 bridgehead atoms. The number of carbonyl (C=O) groups excluding carboxylic acids is 1. The molecule has 0 unspecified atom stereocenters. The molecule has 4 rings (SSSR count). The van der Waals surface area contributed by atoms with Crippen LogP contribution in [-0.4, -0.2) is 53.0 Å². The zero-order valence-corrected chi connectivity index (χ0v) is 16.5. The van der Waals surface area contributed by atoms with Gasteiger partial charge in [0.05, 0.1) is 12.7 Å². The molecule has 0 spiro atoms. The Kier molecular flexibility index (Phi) is 6.26. The Morgan fingerprint density at radius 1 is 1.07 bits per heavy atom. The standard InChI is InChI=1S/C21H24F3N3O3/c22-15-11-17(23)20(18(24)12-15)30-16-3-8-27(9-4-16)21(28)14-1-6-26(7-2-14)13-19-25-5-10-29-19/h5,10-12,14,16H,1-4,6-9,13H2. The lowest BCUT2D eigenvalue weighted by molar-refractivity contribution is -0.139. The first kappa shape index (κ1) is 20.7. The summed E-state index contributed by atoms with van der Waals surface area (Å²) in [5, 5.41) is 0. The second-order valence-corrected chi connectivity index (χ2v) is 7.82. The molecule has 6 nitrogen and oxygen atoms in total. The van der Waals surface area contributed by atoms with Crippen molar-refractivity contribution in [1.29, 1.82) is 0 Å². The van der Waals surface area contributed by atoms with Crippen LogP contribution in [0.15, 0.2) is 29.0 Å². The van der Waals surface area contributed by atoms with E-state index in [0.29, 0.717) is 50.5 Å². The van der Waals surface area contributed by atoms with Gasteiger partial charge >= 0.3 is 0 Å². The quantitative estimate of drug-likeness (QED) is 0.738. The number of benzene rings is 1. The Bertz CT molecular complexity index is 839. The molecular weight excluding hydrogens is 399 g/mol. The van der Waals surface area contributed by atoms with Gasteiger partial charge < -0.3 is 14.1 Å². The summed E-state index contributed by atoms with van der Waals surface area (Å²) < 4.78 is 51.3. The Morgan fingerprint density at radius 3 is 2.33 bits per heavy atom. The number of hydrogen-bond acceptors (Lipinski definition) is 5. The van der Waals surface area contributed by atoms with E-state index in [0.717, 1.165) is 25.9 Å². The highest BCUT2D eigenvalue weighted by atomic mass is 19.1. The Labute approximate surface area is 172 Å². The van der Waals surface area contributed by atoms with Crippen LogP contribution in [0.1, 0.15) is 31.6 Å². The van der Waals surface area contributed by atoms with E-state index in [4.69, 9.17) is 9.15 Å². The number of ether oxygens (including phenoxy) is 1. The van der Waals surface area contributed by atoms with Gasteiger partial charge in [-0.25, -0.2) is 18.2 Å². The number of likely N-dealkylation sites (tertiary alicyclic amines) is 2. The van der Waals surface area contributed by atoms with Crippen molar-refractivity contribution in [2.45, 2.75) is 38.3 Å². The minimum Gasteiger partial charge on any atom is -0.484 e. The van der Waals surface area contributed by atoms with E-state index in [9.17, 15) is 18.0 Å². The largest absolute Gasteiger partial charge is 0.484 e. The van der Waals surface area contributed by atoms with Gasteiger partial charge in [0.2, 0.25) is 11.8 Å². The van der Waals surface area contributed by atoms with Crippen LogP contribution >= 0.6 is 0 Å². The fourth-order valence-corrected chi connectivity index (χ4v) is 4.12. The van der Waals surface area contributed by atoms with Crippen molar-refractivity contribution in [2.24, 2.45) is 5.92 Å². The predicted molar refractivity (Wildman–Crippen MR) is 101 cm³/mol. The molecule has 0 N–H and O–H groups in total. The van der Waals surface area contributed by atoms with Gasteiger partial charge in [-0.2, -0.15) is 0 Å². The topological polar surface area (TPSA) is 58.8 Å². The molecule has 1 aromatic carbocycles. The molecule has 0 atom stereocenters. The number of aromatic nitrogens is 1. The Morgan fingerprint density at radius 2 is 1.73 bits per heavy atom. The summed E-state index contributed by atoms with van der Waals surface area (Å²) in [4.78, 5) is 21.0. The molecule has 3 heterocycles. The number of oxazole rings is 1. The summed E-state index contributed by atoms with van der Waals surface area (Å²) in [6.07, 6.45) is 5.28. The van der Waals surface area contributed by atoms with Crippen molar-refractivity contribution in [3.63, 3.8) is 0 Å². The van der Waals surface area contributed by atoms with Gasteiger partial charge in [0, 0.05) is 44.0 Å². The van der Waals surface area contributed by atoms with E-state index >= 15 is 0 Å². The minimum atomic E-state index is -1.05. The SMILES string of the molecule is O=C(C1CCN(Cc2ncco2)CC1)N1CCC(Oc2c(F)cc(F)cc2F)CC1.